The molecule has 8 heteroatoms. The molecule has 0 saturated heterocycles. The van der Waals surface area contributed by atoms with Gasteiger partial charge in [-0.05, 0) is 56.5 Å². The number of rotatable bonds is 8. The Morgan fingerprint density at radius 2 is 1.70 bits per heavy atom. The first kappa shape index (κ1) is 26.4. The molecule has 0 aliphatic carbocycles. The van der Waals surface area contributed by atoms with Gasteiger partial charge in [-0.1, -0.05) is 36.4 Å². The highest BCUT2D eigenvalue weighted by Gasteiger charge is 2.22. The molecule has 0 aliphatic rings. The Labute approximate surface area is 198 Å². The summed E-state index contributed by atoms with van der Waals surface area (Å²) in [4.78, 5) is 4.92. The van der Waals surface area contributed by atoms with Crippen LogP contribution in [0.4, 0.5) is 0 Å². The van der Waals surface area contributed by atoms with Crippen LogP contribution in [0.2, 0.25) is 0 Å². The van der Waals surface area contributed by atoms with Crippen LogP contribution in [-0.4, -0.2) is 38.3 Å². The molecule has 0 aromatic heterocycles. The molecular weight excluding hydrogens is 511 g/mol. The molecule has 0 unspecified atom stereocenters. The van der Waals surface area contributed by atoms with Crippen molar-refractivity contribution in [1.29, 1.82) is 0 Å². The second-order valence-corrected chi connectivity index (χ2v) is 9.23. The Kier molecular flexibility index (Phi) is 10.8. The molecule has 0 atom stereocenters. The molecule has 6 nitrogen and oxygen atoms in total. The maximum absolute atomic E-state index is 12.6. The van der Waals surface area contributed by atoms with Gasteiger partial charge in [-0.25, -0.2) is 13.4 Å². The molecule has 0 bridgehead atoms. The van der Waals surface area contributed by atoms with Crippen LogP contribution in [0.25, 0.3) is 0 Å². The van der Waals surface area contributed by atoms with Gasteiger partial charge >= 0.3 is 0 Å². The number of halogens is 1. The van der Waals surface area contributed by atoms with Crippen molar-refractivity contribution in [2.75, 3.05) is 13.6 Å². The summed E-state index contributed by atoms with van der Waals surface area (Å²) in [7, 11) is -1.87. The molecule has 0 amide bonds. The van der Waals surface area contributed by atoms with Gasteiger partial charge in [0.1, 0.15) is 0 Å². The fourth-order valence-electron chi connectivity index (χ4n) is 2.71. The van der Waals surface area contributed by atoms with E-state index in [9.17, 15) is 8.42 Å². The van der Waals surface area contributed by atoms with Gasteiger partial charge in [-0.3, -0.25) is 0 Å². The van der Waals surface area contributed by atoms with Gasteiger partial charge < -0.3 is 10.6 Å². The molecule has 0 saturated carbocycles. The van der Waals surface area contributed by atoms with Crippen LogP contribution in [0.5, 0.6) is 0 Å². The van der Waals surface area contributed by atoms with Crippen LogP contribution in [0.15, 0.2) is 58.4 Å². The normalized spacial score (nSPS) is 12.0. The first-order valence-corrected chi connectivity index (χ1v) is 11.3. The minimum absolute atomic E-state index is 0. The largest absolute Gasteiger partial charge is 0.357 e. The van der Waals surface area contributed by atoms with Crippen LogP contribution in [0.3, 0.4) is 0 Å². The monoisotopic (exact) mass is 544 g/mol. The summed E-state index contributed by atoms with van der Waals surface area (Å²) in [5.41, 5.74) is 3.41. The van der Waals surface area contributed by atoms with Crippen molar-refractivity contribution in [3.63, 3.8) is 0 Å². The summed E-state index contributed by atoms with van der Waals surface area (Å²) < 4.78 is 26.5. The van der Waals surface area contributed by atoms with E-state index in [-0.39, 0.29) is 30.0 Å². The zero-order valence-electron chi connectivity index (χ0n) is 18.3. The number of guanidine groups is 1. The van der Waals surface area contributed by atoms with Crippen LogP contribution < -0.4 is 10.6 Å². The average molecular weight is 545 g/mol. The zero-order valence-corrected chi connectivity index (χ0v) is 21.5. The second kappa shape index (κ2) is 12.3. The highest BCUT2D eigenvalue weighted by atomic mass is 127. The van der Waals surface area contributed by atoms with Crippen LogP contribution in [-0.2, 0) is 23.1 Å². The number of sulfonamides is 1. The quantitative estimate of drug-likeness (QED) is 0.301. The number of aryl methyl sites for hydroxylation is 1. The zero-order chi connectivity index (χ0) is 21.4. The summed E-state index contributed by atoms with van der Waals surface area (Å²) in [5.74, 6) is 0.729. The average Bonchev–Trinajstić information content (AvgIpc) is 2.70. The third-order valence-corrected chi connectivity index (χ3v) is 6.85. The van der Waals surface area contributed by atoms with Gasteiger partial charge in [0.05, 0.1) is 11.4 Å². The van der Waals surface area contributed by atoms with Gasteiger partial charge in [-0.2, -0.15) is 4.31 Å². The fraction of sp³-hybridized carbons (Fsp3) is 0.409. The van der Waals surface area contributed by atoms with Gasteiger partial charge in [0.15, 0.2) is 5.96 Å². The predicted molar refractivity (Wildman–Crippen MR) is 135 cm³/mol. The standard InChI is InChI=1S/C22H32N4O2S.HI/c1-6-23-22(25-16-20-10-8-7-9-18(20)4)24-15-19-11-13-21(14-12-19)29(27,28)26(5)17(2)3;/h7-14,17H,6,15-16H2,1-5H3,(H2,23,24,25);1H. The van der Waals surface area contributed by atoms with E-state index in [1.54, 1.807) is 19.2 Å². The highest BCUT2D eigenvalue weighted by molar-refractivity contribution is 14.0. The molecular formula is C22H33IN4O2S. The van der Waals surface area contributed by atoms with E-state index in [4.69, 9.17) is 0 Å². The minimum atomic E-state index is -3.47. The van der Waals surface area contributed by atoms with Crippen molar-refractivity contribution in [1.82, 2.24) is 14.9 Å². The molecule has 2 rings (SSSR count). The molecule has 2 aromatic carbocycles. The van der Waals surface area contributed by atoms with E-state index in [0.717, 1.165) is 18.1 Å². The Balaban J connectivity index is 0.00000450. The Bertz CT molecular complexity index is 928. The lowest BCUT2D eigenvalue weighted by molar-refractivity contribution is 0.410. The van der Waals surface area contributed by atoms with Crippen LogP contribution in [0, 0.1) is 6.92 Å². The minimum Gasteiger partial charge on any atom is -0.357 e. The Hall–Kier alpha value is -1.65. The maximum atomic E-state index is 12.6. The SMILES string of the molecule is CCNC(=NCc1ccc(S(=O)(=O)N(C)C(C)C)cc1)NCc1ccccc1C.I. The van der Waals surface area contributed by atoms with E-state index in [1.807, 2.05) is 45.0 Å². The number of benzene rings is 2. The molecule has 0 heterocycles. The third-order valence-electron chi connectivity index (χ3n) is 4.80. The van der Waals surface area contributed by atoms with Crippen molar-refractivity contribution >= 4 is 40.0 Å². The van der Waals surface area contributed by atoms with Crippen molar-refractivity contribution in [3.05, 3.63) is 65.2 Å². The van der Waals surface area contributed by atoms with Crippen molar-refractivity contribution < 1.29 is 8.42 Å². The van der Waals surface area contributed by atoms with E-state index in [1.165, 1.54) is 15.4 Å². The van der Waals surface area contributed by atoms with Crippen molar-refractivity contribution in [3.8, 4) is 0 Å². The third kappa shape index (κ3) is 7.24. The fourth-order valence-corrected chi connectivity index (χ4v) is 4.08. The number of hydrogen-bond acceptors (Lipinski definition) is 3. The Morgan fingerprint density at radius 3 is 2.27 bits per heavy atom. The van der Waals surface area contributed by atoms with Crippen molar-refractivity contribution in [2.24, 2.45) is 4.99 Å². The van der Waals surface area contributed by atoms with E-state index in [0.29, 0.717) is 18.0 Å². The molecule has 0 aliphatic heterocycles. The van der Waals surface area contributed by atoms with E-state index >= 15 is 0 Å². The topological polar surface area (TPSA) is 73.8 Å². The van der Waals surface area contributed by atoms with Crippen molar-refractivity contribution in [2.45, 2.75) is 51.7 Å². The molecule has 0 fully saturated rings. The molecule has 30 heavy (non-hydrogen) atoms. The number of aliphatic imine (C=N–C) groups is 1. The maximum Gasteiger partial charge on any atom is 0.243 e. The summed E-state index contributed by atoms with van der Waals surface area (Å²) in [6, 6.07) is 15.1. The summed E-state index contributed by atoms with van der Waals surface area (Å²) in [6.45, 7) is 9.74. The second-order valence-electron chi connectivity index (χ2n) is 7.23. The summed E-state index contributed by atoms with van der Waals surface area (Å²) in [5, 5.41) is 6.59. The van der Waals surface area contributed by atoms with E-state index in [2.05, 4.69) is 34.7 Å². The first-order chi connectivity index (χ1) is 13.8. The molecule has 2 aromatic rings. The first-order valence-electron chi connectivity index (χ1n) is 9.89. The lowest BCUT2D eigenvalue weighted by Gasteiger charge is -2.21. The van der Waals surface area contributed by atoms with Gasteiger partial charge in [0, 0.05) is 26.2 Å². The summed E-state index contributed by atoms with van der Waals surface area (Å²) >= 11 is 0. The van der Waals surface area contributed by atoms with Crippen LogP contribution >= 0.6 is 24.0 Å². The molecule has 166 valence electrons. The molecule has 0 radical (unpaired) electrons. The smallest absolute Gasteiger partial charge is 0.243 e. The Morgan fingerprint density at radius 1 is 1.07 bits per heavy atom. The van der Waals surface area contributed by atoms with Gasteiger partial charge in [0.25, 0.3) is 0 Å². The lowest BCUT2D eigenvalue weighted by atomic mass is 10.1. The number of nitrogens with zero attached hydrogens (tertiary/aromatic N) is 2. The predicted octanol–water partition coefficient (Wildman–Crippen LogP) is 3.90. The highest BCUT2D eigenvalue weighted by Crippen LogP contribution is 2.17. The van der Waals surface area contributed by atoms with Crippen LogP contribution in [0.1, 0.15) is 37.5 Å². The molecule has 0 spiro atoms. The molecule has 2 N–H and O–H groups in total. The number of hydrogen-bond donors (Lipinski definition) is 2. The number of nitrogens with one attached hydrogen (secondary N) is 2. The summed E-state index contributed by atoms with van der Waals surface area (Å²) in [6.07, 6.45) is 0. The lowest BCUT2D eigenvalue weighted by Crippen LogP contribution is -2.36. The van der Waals surface area contributed by atoms with Gasteiger partial charge in [0.2, 0.25) is 10.0 Å². The van der Waals surface area contributed by atoms with E-state index < -0.39 is 10.0 Å². The van der Waals surface area contributed by atoms with Gasteiger partial charge in [-0.15, -0.1) is 24.0 Å².